The quantitative estimate of drug-likeness (QED) is 0.158. The van der Waals surface area contributed by atoms with Crippen LogP contribution in [0.4, 0.5) is 4.79 Å². The molecule has 16 heteroatoms. The summed E-state index contributed by atoms with van der Waals surface area (Å²) in [4.78, 5) is 82.2. The molecule has 3 fully saturated rings. The number of aliphatic hydroxyl groups is 3. The van der Waals surface area contributed by atoms with E-state index in [-0.39, 0.29) is 24.2 Å². The summed E-state index contributed by atoms with van der Waals surface area (Å²) in [5, 5.41) is 39.5. The molecular formula is C43H57NO15. The molecule has 1 aromatic carbocycles. The van der Waals surface area contributed by atoms with E-state index in [1.807, 2.05) is 0 Å². The van der Waals surface area contributed by atoms with Crippen LogP contribution in [0, 0.1) is 22.7 Å². The molecule has 0 aromatic heterocycles. The molecule has 2 bridgehead atoms. The van der Waals surface area contributed by atoms with Crippen LogP contribution in [0.2, 0.25) is 0 Å². The molecule has 1 unspecified atom stereocenters. The van der Waals surface area contributed by atoms with E-state index >= 15 is 4.79 Å². The maximum atomic E-state index is 15.4. The first-order chi connectivity index (χ1) is 27.2. The summed E-state index contributed by atoms with van der Waals surface area (Å²) < 4.78 is 35.3. The van der Waals surface area contributed by atoms with Gasteiger partial charge in [-0.3, -0.25) is 14.4 Å². The smallest absolute Gasteiger partial charge is 0.408 e. The Morgan fingerprint density at radius 2 is 1.61 bits per heavy atom. The standard InChI is InChI=1S/C43H57NO15/c1-21(2)17-26(44-38(52)59-39(6,7)8)31(48)37(51)56-27-19-43(53)35(57-36(50)25-15-13-12-14-16-25)33-41(11,28(47)18-29-42(33,20-54-29)58-24(5)46)34(49)32(55-23(4)45)30(22(27)3)40(43,9)10/h12-17,22,26-29,31,33,35,47-48,53H,18-20H2,1-11H3,(H,44,52)/t22?,26-,27-,28-,29+,31+,33-,35-,41+,42-,43+/m0/s1. The second-order valence-electron chi connectivity index (χ2n) is 18.1. The SMILES string of the molecule is CC(=O)OC1=C2C(C)[C@@H](OC(=O)[C@H](O)[C@H](C=C(C)C)NC(=O)OC(C)(C)C)C[C@@](O)([C@@H](OC(=O)c3ccccc3)[C@@H]3[C@]4(OC(C)=O)CO[C@@H]4C[C@H](O)[C@@]3(C)C1=O)C2(C)C. The topological polar surface area (TPSA) is 231 Å². The summed E-state index contributed by atoms with van der Waals surface area (Å²) in [6.07, 6.45) is -8.09. The fraction of sp³-hybridized carbons (Fsp3) is 0.628. The molecule has 4 aliphatic rings. The zero-order valence-corrected chi connectivity index (χ0v) is 35.4. The van der Waals surface area contributed by atoms with E-state index < -0.39 is 124 Å². The number of alkyl carbamates (subject to hydrolysis) is 1. The molecule has 0 spiro atoms. The van der Waals surface area contributed by atoms with Crippen LogP contribution in [0.25, 0.3) is 0 Å². The molecule has 0 radical (unpaired) electrons. The van der Waals surface area contributed by atoms with Crippen LogP contribution < -0.4 is 5.32 Å². The van der Waals surface area contributed by atoms with Crippen LogP contribution >= 0.6 is 0 Å². The molecule has 1 heterocycles. The van der Waals surface area contributed by atoms with Gasteiger partial charge in [-0.05, 0) is 59.2 Å². The lowest BCUT2D eigenvalue weighted by molar-refractivity contribution is -0.345. The largest absolute Gasteiger partial charge is 0.460 e. The fourth-order valence-corrected chi connectivity index (χ4v) is 9.40. The Labute approximate surface area is 343 Å². The van der Waals surface area contributed by atoms with Gasteiger partial charge in [-0.25, -0.2) is 14.4 Å². The second-order valence-corrected chi connectivity index (χ2v) is 18.1. The van der Waals surface area contributed by atoms with Crippen molar-refractivity contribution >= 4 is 35.8 Å². The molecule has 1 amide bonds. The number of hydrogen-bond acceptors (Lipinski definition) is 15. The van der Waals surface area contributed by atoms with Crippen LogP contribution in [0.1, 0.15) is 99.4 Å². The summed E-state index contributed by atoms with van der Waals surface area (Å²) in [5.41, 5.74) is -8.11. The van der Waals surface area contributed by atoms with E-state index in [0.717, 1.165) is 13.8 Å². The van der Waals surface area contributed by atoms with Gasteiger partial charge in [0.1, 0.15) is 29.5 Å². The predicted molar refractivity (Wildman–Crippen MR) is 207 cm³/mol. The average molecular weight is 828 g/mol. The molecule has 1 aromatic rings. The highest BCUT2D eigenvalue weighted by Gasteiger charge is 2.78. The van der Waals surface area contributed by atoms with Crippen LogP contribution in [0.3, 0.4) is 0 Å². The van der Waals surface area contributed by atoms with Crippen molar-refractivity contribution in [2.24, 2.45) is 22.7 Å². The zero-order chi connectivity index (χ0) is 44.2. The number of carbonyl (C=O) groups is 6. The molecular weight excluding hydrogens is 770 g/mol. The molecule has 3 aliphatic carbocycles. The molecule has 1 saturated heterocycles. The summed E-state index contributed by atoms with van der Waals surface area (Å²) in [6, 6.07) is 6.48. The van der Waals surface area contributed by atoms with Gasteiger partial charge in [-0.1, -0.05) is 50.6 Å². The summed E-state index contributed by atoms with van der Waals surface area (Å²) in [6.45, 7) is 16.3. The van der Waals surface area contributed by atoms with Gasteiger partial charge in [0, 0.05) is 38.0 Å². The van der Waals surface area contributed by atoms with Gasteiger partial charge in [0.15, 0.2) is 17.5 Å². The third-order valence-corrected chi connectivity index (χ3v) is 12.2. The van der Waals surface area contributed by atoms with Gasteiger partial charge >= 0.3 is 30.0 Å². The first-order valence-corrected chi connectivity index (χ1v) is 19.7. The number of aliphatic hydroxyl groups excluding tert-OH is 2. The number of hydrogen-bond donors (Lipinski definition) is 4. The van der Waals surface area contributed by atoms with Gasteiger partial charge in [0.25, 0.3) is 0 Å². The third kappa shape index (κ3) is 8.16. The van der Waals surface area contributed by atoms with E-state index in [0.29, 0.717) is 5.57 Å². The van der Waals surface area contributed by atoms with Crippen molar-refractivity contribution < 1.29 is 72.5 Å². The van der Waals surface area contributed by atoms with E-state index in [2.05, 4.69) is 5.32 Å². The lowest BCUT2D eigenvalue weighted by atomic mass is 9.45. The minimum absolute atomic E-state index is 0.00683. The second kappa shape index (κ2) is 16.1. The number of benzene rings is 1. The number of nitrogens with one attached hydrogen (secondary N) is 1. The van der Waals surface area contributed by atoms with Crippen LogP contribution in [-0.2, 0) is 47.6 Å². The highest BCUT2D eigenvalue weighted by Crippen LogP contribution is 2.65. The first-order valence-electron chi connectivity index (χ1n) is 19.7. The molecule has 11 atom stereocenters. The third-order valence-electron chi connectivity index (χ3n) is 12.2. The first kappa shape index (κ1) is 45.4. The average Bonchev–Trinajstić information content (AvgIpc) is 3.11. The van der Waals surface area contributed by atoms with E-state index in [1.165, 1.54) is 25.1 Å². The van der Waals surface area contributed by atoms with Crippen molar-refractivity contribution in [2.75, 3.05) is 6.61 Å². The minimum atomic E-state index is -2.38. The van der Waals surface area contributed by atoms with Crippen LogP contribution in [0.15, 0.2) is 53.3 Å². The maximum Gasteiger partial charge on any atom is 0.408 e. The maximum absolute atomic E-state index is 15.4. The van der Waals surface area contributed by atoms with Gasteiger partial charge in [0.05, 0.1) is 35.6 Å². The van der Waals surface area contributed by atoms with E-state index in [1.54, 1.807) is 73.6 Å². The van der Waals surface area contributed by atoms with Crippen molar-refractivity contribution in [3.63, 3.8) is 0 Å². The number of carbonyl (C=O) groups excluding carboxylic acids is 6. The molecule has 16 nitrogen and oxygen atoms in total. The summed E-state index contributed by atoms with van der Waals surface area (Å²) in [5.74, 6) is -7.93. The fourth-order valence-electron chi connectivity index (χ4n) is 9.40. The molecule has 59 heavy (non-hydrogen) atoms. The van der Waals surface area contributed by atoms with Gasteiger partial charge in [-0.15, -0.1) is 0 Å². The molecule has 5 rings (SSSR count). The van der Waals surface area contributed by atoms with Crippen LogP contribution in [0.5, 0.6) is 0 Å². The Kier molecular flexibility index (Phi) is 12.4. The number of Topliss-reactive ketones (excluding diaryl/α,β-unsaturated/α-hetero) is 1. The van der Waals surface area contributed by atoms with Crippen molar-refractivity contribution in [3.05, 3.63) is 58.9 Å². The number of allylic oxidation sites excluding steroid dienone is 2. The highest BCUT2D eigenvalue weighted by molar-refractivity contribution is 6.02. The summed E-state index contributed by atoms with van der Waals surface area (Å²) in [7, 11) is 0. The Hall–Kier alpha value is -4.64. The number of ether oxygens (including phenoxy) is 6. The van der Waals surface area contributed by atoms with Crippen molar-refractivity contribution in [1.82, 2.24) is 5.32 Å². The van der Waals surface area contributed by atoms with Crippen molar-refractivity contribution in [3.8, 4) is 0 Å². The van der Waals surface area contributed by atoms with Gasteiger partial charge < -0.3 is 49.1 Å². The van der Waals surface area contributed by atoms with E-state index in [4.69, 9.17) is 28.4 Å². The predicted octanol–water partition coefficient (Wildman–Crippen LogP) is 3.63. The highest BCUT2D eigenvalue weighted by atomic mass is 16.6. The normalized spacial score (nSPS) is 33.2. The molecule has 2 saturated carbocycles. The monoisotopic (exact) mass is 827 g/mol. The molecule has 1 aliphatic heterocycles. The Morgan fingerprint density at radius 3 is 2.14 bits per heavy atom. The van der Waals surface area contributed by atoms with Gasteiger partial charge in [0.2, 0.25) is 5.78 Å². The number of fused-ring (bicyclic) bond motifs is 5. The van der Waals surface area contributed by atoms with E-state index in [9.17, 15) is 39.3 Å². The van der Waals surface area contributed by atoms with Gasteiger partial charge in [-0.2, -0.15) is 0 Å². The number of ketones is 1. The zero-order valence-electron chi connectivity index (χ0n) is 35.4. The number of amides is 1. The number of rotatable bonds is 9. The molecule has 324 valence electrons. The lowest BCUT2D eigenvalue weighted by Crippen LogP contribution is -2.81. The van der Waals surface area contributed by atoms with Crippen LogP contribution in [-0.4, -0.2) is 111 Å². The van der Waals surface area contributed by atoms with Crippen molar-refractivity contribution in [1.29, 1.82) is 0 Å². The Morgan fingerprint density at radius 1 is 0.983 bits per heavy atom. The lowest BCUT2D eigenvalue weighted by Gasteiger charge is -2.67. The summed E-state index contributed by atoms with van der Waals surface area (Å²) >= 11 is 0. The number of esters is 4. The molecule has 4 N–H and O–H groups in total. The Balaban J connectivity index is 1.73. The Bertz CT molecular complexity index is 1930. The minimum Gasteiger partial charge on any atom is -0.460 e. The van der Waals surface area contributed by atoms with Crippen molar-refractivity contribution in [2.45, 2.75) is 142 Å².